The van der Waals surface area contributed by atoms with Gasteiger partial charge >= 0.3 is 0 Å². The fourth-order valence-corrected chi connectivity index (χ4v) is 2.70. The molecule has 0 bridgehead atoms. The molecule has 4 rings (SSSR count). The number of nitrogens with one attached hydrogen (secondary N) is 1. The number of pyridine rings is 1. The maximum Gasteiger partial charge on any atom is 0.267 e. The second-order valence-electron chi connectivity index (χ2n) is 5.14. The molecule has 2 aromatic heterocycles. The van der Waals surface area contributed by atoms with Gasteiger partial charge in [0.1, 0.15) is 0 Å². The number of nitrogens with zero attached hydrogens (tertiary/aromatic N) is 3. The molecule has 1 aliphatic heterocycles. The minimum absolute atomic E-state index is 0.0376. The molecule has 2 amide bonds. The number of carbonyl (C=O) groups is 2. The zero-order valence-electron chi connectivity index (χ0n) is 11.7. The minimum Gasteiger partial charge on any atom is -0.280 e. The van der Waals surface area contributed by atoms with Crippen molar-refractivity contribution in [3.63, 3.8) is 0 Å². The molecule has 0 spiro atoms. The van der Waals surface area contributed by atoms with E-state index < -0.39 is 23.4 Å². The summed E-state index contributed by atoms with van der Waals surface area (Å²) >= 11 is 0. The Balaban J connectivity index is 1.94. The van der Waals surface area contributed by atoms with Crippen molar-refractivity contribution in [2.24, 2.45) is 0 Å². The Labute approximate surface area is 127 Å². The highest BCUT2D eigenvalue weighted by atomic mass is 19.2. The van der Waals surface area contributed by atoms with Gasteiger partial charge in [-0.1, -0.05) is 0 Å². The average molecular weight is 314 g/mol. The lowest BCUT2D eigenvalue weighted by atomic mass is 10.1. The molecule has 0 saturated heterocycles. The predicted octanol–water partition coefficient (Wildman–Crippen LogP) is 2.35. The van der Waals surface area contributed by atoms with Gasteiger partial charge in [0.25, 0.3) is 11.8 Å². The van der Waals surface area contributed by atoms with Crippen molar-refractivity contribution in [2.45, 2.75) is 6.92 Å². The van der Waals surface area contributed by atoms with Crippen LogP contribution < -0.4 is 4.90 Å². The van der Waals surface area contributed by atoms with Gasteiger partial charge in [-0.15, -0.1) is 0 Å². The normalized spacial score (nSPS) is 14.0. The highest BCUT2D eigenvalue weighted by Gasteiger charge is 2.39. The molecule has 1 aliphatic rings. The number of halogens is 2. The van der Waals surface area contributed by atoms with Crippen LogP contribution in [0.2, 0.25) is 0 Å². The largest absolute Gasteiger partial charge is 0.280 e. The van der Waals surface area contributed by atoms with Gasteiger partial charge in [0, 0.05) is 18.0 Å². The molecule has 0 aliphatic carbocycles. The number of amides is 2. The highest BCUT2D eigenvalue weighted by Crippen LogP contribution is 2.33. The van der Waals surface area contributed by atoms with Gasteiger partial charge in [-0.2, -0.15) is 5.10 Å². The van der Waals surface area contributed by atoms with Crippen molar-refractivity contribution >= 4 is 28.5 Å². The number of hydrogen-bond donors (Lipinski definition) is 1. The smallest absolute Gasteiger partial charge is 0.267 e. The summed E-state index contributed by atoms with van der Waals surface area (Å²) in [4.78, 5) is 30.0. The second kappa shape index (κ2) is 4.42. The molecule has 0 fully saturated rings. The highest BCUT2D eigenvalue weighted by molar-refractivity contribution is 6.37. The van der Waals surface area contributed by atoms with Crippen LogP contribution in [-0.2, 0) is 0 Å². The van der Waals surface area contributed by atoms with Gasteiger partial charge in [0.05, 0.1) is 22.2 Å². The van der Waals surface area contributed by atoms with Crippen LogP contribution >= 0.6 is 0 Å². The van der Waals surface area contributed by atoms with E-state index in [0.29, 0.717) is 16.7 Å². The molecule has 0 atom stereocenters. The van der Waals surface area contributed by atoms with Crippen LogP contribution in [0.25, 0.3) is 11.0 Å². The van der Waals surface area contributed by atoms with Gasteiger partial charge in [-0.05, 0) is 19.1 Å². The molecule has 114 valence electrons. The van der Waals surface area contributed by atoms with Gasteiger partial charge in [0.2, 0.25) is 0 Å². The molecule has 6 nitrogen and oxygen atoms in total. The average Bonchev–Trinajstić information content (AvgIpc) is 3.02. The number of H-pyrrole nitrogens is 1. The monoisotopic (exact) mass is 314 g/mol. The third kappa shape index (κ3) is 1.71. The van der Waals surface area contributed by atoms with Gasteiger partial charge in [-0.3, -0.25) is 14.7 Å². The van der Waals surface area contributed by atoms with Gasteiger partial charge in [-0.25, -0.2) is 18.7 Å². The quantitative estimate of drug-likeness (QED) is 0.699. The van der Waals surface area contributed by atoms with Crippen molar-refractivity contribution in [2.75, 3.05) is 4.90 Å². The van der Waals surface area contributed by atoms with Crippen LogP contribution in [0.4, 0.5) is 14.5 Å². The summed E-state index contributed by atoms with van der Waals surface area (Å²) in [6, 6.07) is 2.85. The zero-order chi connectivity index (χ0) is 16.3. The van der Waals surface area contributed by atoms with E-state index in [1.807, 2.05) is 0 Å². The maximum atomic E-state index is 13.4. The number of imide groups is 1. The third-order valence-corrected chi connectivity index (χ3v) is 3.78. The molecule has 1 N–H and O–H groups in total. The Morgan fingerprint density at radius 1 is 1.13 bits per heavy atom. The number of carbonyl (C=O) groups excluding carboxylic acids is 2. The first kappa shape index (κ1) is 13.5. The Kier molecular flexibility index (Phi) is 2.59. The van der Waals surface area contributed by atoms with Crippen LogP contribution in [0.1, 0.15) is 26.4 Å². The third-order valence-electron chi connectivity index (χ3n) is 3.78. The van der Waals surface area contributed by atoms with E-state index in [4.69, 9.17) is 0 Å². The lowest BCUT2D eigenvalue weighted by Gasteiger charge is -2.13. The van der Waals surface area contributed by atoms with Gasteiger partial charge in [0.15, 0.2) is 17.3 Å². The van der Waals surface area contributed by atoms with Crippen molar-refractivity contribution in [3.05, 3.63) is 52.9 Å². The Bertz CT molecular complexity index is 1010. The molecular formula is C15H8F2N4O2. The summed E-state index contributed by atoms with van der Waals surface area (Å²) in [5, 5.41) is 7.11. The number of aromatic nitrogens is 3. The second-order valence-corrected chi connectivity index (χ2v) is 5.14. The number of benzene rings is 1. The van der Waals surface area contributed by atoms with E-state index in [9.17, 15) is 18.4 Å². The molecule has 0 radical (unpaired) electrons. The predicted molar refractivity (Wildman–Crippen MR) is 76.1 cm³/mol. The van der Waals surface area contributed by atoms with Crippen LogP contribution in [-0.4, -0.2) is 27.0 Å². The van der Waals surface area contributed by atoms with Crippen molar-refractivity contribution < 1.29 is 18.4 Å². The Hall–Kier alpha value is -3.16. The molecular weight excluding hydrogens is 306 g/mol. The molecule has 3 aromatic rings. The molecule has 23 heavy (non-hydrogen) atoms. The Morgan fingerprint density at radius 2 is 1.91 bits per heavy atom. The number of rotatable bonds is 1. The fraction of sp³-hybridized carbons (Fsp3) is 0.0667. The molecule has 8 heteroatoms. The van der Waals surface area contributed by atoms with Crippen molar-refractivity contribution in [3.8, 4) is 0 Å². The van der Waals surface area contributed by atoms with Crippen LogP contribution in [0.5, 0.6) is 0 Å². The van der Waals surface area contributed by atoms with E-state index >= 15 is 0 Å². The van der Waals surface area contributed by atoms with E-state index in [1.54, 1.807) is 6.92 Å². The van der Waals surface area contributed by atoms with E-state index in [-0.39, 0.29) is 16.8 Å². The molecule has 0 saturated carbocycles. The molecule has 0 unspecified atom stereocenters. The fourth-order valence-electron chi connectivity index (χ4n) is 2.70. The van der Waals surface area contributed by atoms with E-state index in [0.717, 1.165) is 17.0 Å². The number of aryl methyl sites for hydroxylation is 1. The summed E-state index contributed by atoms with van der Waals surface area (Å²) in [5.41, 5.74) is 1.14. The minimum atomic E-state index is -1.14. The first-order valence-electron chi connectivity index (χ1n) is 6.66. The topological polar surface area (TPSA) is 79.0 Å². The first-order chi connectivity index (χ1) is 11.0. The summed E-state index contributed by atoms with van der Waals surface area (Å²) in [7, 11) is 0. The van der Waals surface area contributed by atoms with E-state index in [2.05, 4.69) is 15.2 Å². The van der Waals surface area contributed by atoms with Crippen molar-refractivity contribution in [1.82, 2.24) is 15.2 Å². The SMILES string of the molecule is Cc1[nH]nc2ncc3c(c12)C(=O)N(c1ccc(F)c(F)c1)C3=O. The molecule has 1 aromatic carbocycles. The molecule has 3 heterocycles. The number of aromatic amines is 1. The van der Waals surface area contributed by atoms with Gasteiger partial charge < -0.3 is 0 Å². The summed E-state index contributed by atoms with van der Waals surface area (Å²) in [6.07, 6.45) is 1.26. The number of hydrogen-bond acceptors (Lipinski definition) is 4. The first-order valence-corrected chi connectivity index (χ1v) is 6.66. The lowest BCUT2D eigenvalue weighted by molar-refractivity contribution is 0.0926. The van der Waals surface area contributed by atoms with E-state index in [1.165, 1.54) is 12.3 Å². The summed E-state index contributed by atoms with van der Waals surface area (Å²) in [6.45, 7) is 1.70. The number of fused-ring (bicyclic) bond motifs is 3. The maximum absolute atomic E-state index is 13.4. The van der Waals surface area contributed by atoms with Crippen molar-refractivity contribution in [1.29, 1.82) is 0 Å². The lowest BCUT2D eigenvalue weighted by Crippen LogP contribution is -2.29. The Morgan fingerprint density at radius 3 is 2.65 bits per heavy atom. The van der Waals surface area contributed by atoms with Crippen LogP contribution in [0.15, 0.2) is 24.4 Å². The summed E-state index contributed by atoms with van der Waals surface area (Å²) in [5.74, 6) is -3.44. The van der Waals surface area contributed by atoms with Crippen LogP contribution in [0, 0.1) is 18.6 Å². The number of anilines is 1. The summed E-state index contributed by atoms with van der Waals surface area (Å²) < 4.78 is 26.5. The van der Waals surface area contributed by atoms with Crippen LogP contribution in [0.3, 0.4) is 0 Å². The zero-order valence-corrected chi connectivity index (χ0v) is 11.7. The standard InChI is InChI=1S/C15H8F2N4O2/c1-6-11-12-8(5-18-13(11)20-19-6)14(22)21(15(12)23)7-2-3-9(16)10(17)4-7/h2-5H,1H3,(H,18,19,20).